The van der Waals surface area contributed by atoms with Gasteiger partial charge in [0.25, 0.3) is 5.91 Å². The van der Waals surface area contributed by atoms with Crippen molar-refractivity contribution in [1.29, 1.82) is 0 Å². The van der Waals surface area contributed by atoms with Gasteiger partial charge in [-0.15, -0.1) is 11.8 Å². The maximum atomic E-state index is 12.4. The van der Waals surface area contributed by atoms with E-state index >= 15 is 0 Å². The van der Waals surface area contributed by atoms with Gasteiger partial charge in [0.15, 0.2) is 0 Å². The molecule has 30 heavy (non-hydrogen) atoms. The molecule has 0 atom stereocenters. The van der Waals surface area contributed by atoms with E-state index in [1.807, 2.05) is 0 Å². The lowest BCUT2D eigenvalue weighted by molar-refractivity contribution is -0.113. The monoisotopic (exact) mass is 440 g/mol. The number of hydrogen-bond acceptors (Lipinski definition) is 4. The van der Waals surface area contributed by atoms with Crippen LogP contribution in [0.25, 0.3) is 0 Å². The molecular weight excluding hydrogens is 424 g/mol. The van der Waals surface area contributed by atoms with Crippen molar-refractivity contribution in [3.8, 4) is 0 Å². The summed E-state index contributed by atoms with van der Waals surface area (Å²) in [5.41, 5.74) is 1.10. The Bertz CT molecular complexity index is 1090. The summed E-state index contributed by atoms with van der Waals surface area (Å²) < 4.78 is 0. The summed E-state index contributed by atoms with van der Waals surface area (Å²) in [6.07, 6.45) is 0. The molecule has 0 bridgehead atoms. The van der Waals surface area contributed by atoms with E-state index < -0.39 is 11.9 Å². The molecule has 3 aromatic rings. The van der Waals surface area contributed by atoms with Crippen LogP contribution in [0.2, 0.25) is 5.02 Å². The number of carboxylic acids is 1. The molecule has 2 amide bonds. The second kappa shape index (κ2) is 9.96. The number of carbonyl (C=O) groups excluding carboxylic acids is 2. The largest absolute Gasteiger partial charge is 0.478 e. The SMILES string of the molecule is O=C(CSc1ccc(NC(=O)c2ccccc2C(=O)O)cc1)Nc1ccccc1Cl. The Morgan fingerprint density at radius 1 is 0.833 bits per heavy atom. The number of nitrogens with one attached hydrogen (secondary N) is 2. The first-order valence-corrected chi connectivity index (χ1v) is 10.2. The lowest BCUT2D eigenvalue weighted by Gasteiger charge is -2.09. The zero-order valence-corrected chi connectivity index (χ0v) is 17.2. The van der Waals surface area contributed by atoms with Crippen molar-refractivity contribution in [3.05, 3.63) is 88.9 Å². The Morgan fingerprint density at radius 3 is 2.13 bits per heavy atom. The topological polar surface area (TPSA) is 95.5 Å². The summed E-state index contributed by atoms with van der Waals surface area (Å²) in [4.78, 5) is 36.6. The first-order chi connectivity index (χ1) is 14.4. The number of halogens is 1. The van der Waals surface area contributed by atoms with E-state index in [4.69, 9.17) is 11.6 Å². The summed E-state index contributed by atoms with van der Waals surface area (Å²) in [6, 6.07) is 19.9. The minimum Gasteiger partial charge on any atom is -0.478 e. The number of para-hydroxylation sites is 1. The van der Waals surface area contributed by atoms with E-state index in [0.717, 1.165) is 4.90 Å². The molecule has 0 aliphatic heterocycles. The number of aromatic carboxylic acids is 1. The van der Waals surface area contributed by atoms with Crippen molar-refractivity contribution < 1.29 is 19.5 Å². The summed E-state index contributed by atoms with van der Waals surface area (Å²) >= 11 is 7.37. The third-order valence-electron chi connectivity index (χ3n) is 4.03. The molecule has 0 spiro atoms. The normalized spacial score (nSPS) is 10.3. The lowest BCUT2D eigenvalue weighted by atomic mass is 10.1. The number of amides is 2. The van der Waals surface area contributed by atoms with Gasteiger partial charge in [0.1, 0.15) is 0 Å². The minimum absolute atomic E-state index is 0.0632. The summed E-state index contributed by atoms with van der Waals surface area (Å²) in [5, 5.41) is 15.1. The second-order valence-corrected chi connectivity index (χ2v) is 7.60. The smallest absolute Gasteiger partial charge is 0.336 e. The highest BCUT2D eigenvalue weighted by Crippen LogP contribution is 2.23. The van der Waals surface area contributed by atoms with Gasteiger partial charge in [-0.05, 0) is 48.5 Å². The summed E-state index contributed by atoms with van der Waals surface area (Å²) in [7, 11) is 0. The molecule has 0 heterocycles. The Hall–Kier alpha value is -3.29. The van der Waals surface area contributed by atoms with Gasteiger partial charge < -0.3 is 15.7 Å². The van der Waals surface area contributed by atoms with Crippen LogP contribution < -0.4 is 10.6 Å². The molecule has 0 unspecified atom stereocenters. The first-order valence-electron chi connectivity index (χ1n) is 8.85. The zero-order valence-electron chi connectivity index (χ0n) is 15.6. The van der Waals surface area contributed by atoms with Crippen LogP contribution in [0.4, 0.5) is 11.4 Å². The van der Waals surface area contributed by atoms with Crippen LogP contribution in [0.15, 0.2) is 77.7 Å². The van der Waals surface area contributed by atoms with Crippen LogP contribution in [-0.4, -0.2) is 28.6 Å². The van der Waals surface area contributed by atoms with Crippen LogP contribution in [0.3, 0.4) is 0 Å². The van der Waals surface area contributed by atoms with E-state index in [2.05, 4.69) is 10.6 Å². The fourth-order valence-corrected chi connectivity index (χ4v) is 3.48. The molecule has 3 N–H and O–H groups in total. The third kappa shape index (κ3) is 5.62. The molecule has 3 rings (SSSR count). The Morgan fingerprint density at radius 2 is 1.47 bits per heavy atom. The van der Waals surface area contributed by atoms with Crippen molar-refractivity contribution in [2.45, 2.75) is 4.90 Å². The van der Waals surface area contributed by atoms with Gasteiger partial charge in [0.2, 0.25) is 5.91 Å². The average molecular weight is 441 g/mol. The Balaban J connectivity index is 1.56. The molecule has 0 fully saturated rings. The van der Waals surface area contributed by atoms with Crippen LogP contribution in [0.5, 0.6) is 0 Å². The van der Waals surface area contributed by atoms with Gasteiger partial charge in [0, 0.05) is 10.6 Å². The molecule has 0 aromatic heterocycles. The first kappa shape index (κ1) is 21.4. The van der Waals surface area contributed by atoms with Gasteiger partial charge in [-0.1, -0.05) is 35.9 Å². The fraction of sp³-hybridized carbons (Fsp3) is 0.0455. The molecule has 0 aliphatic carbocycles. The van der Waals surface area contributed by atoms with Gasteiger partial charge >= 0.3 is 5.97 Å². The predicted molar refractivity (Wildman–Crippen MR) is 119 cm³/mol. The summed E-state index contributed by atoms with van der Waals surface area (Å²) in [6.45, 7) is 0. The minimum atomic E-state index is -1.16. The molecule has 0 saturated heterocycles. The number of hydrogen-bond donors (Lipinski definition) is 3. The van der Waals surface area contributed by atoms with Gasteiger partial charge in [-0.25, -0.2) is 4.79 Å². The number of anilines is 2. The number of benzene rings is 3. The number of carboxylic acid groups (broad SMARTS) is 1. The summed E-state index contributed by atoms with van der Waals surface area (Å²) in [5.74, 6) is -1.66. The standard InChI is InChI=1S/C22H17ClN2O4S/c23-18-7-3-4-8-19(18)25-20(26)13-30-15-11-9-14(10-12-15)24-21(27)16-5-1-2-6-17(16)22(28)29/h1-12H,13H2,(H,24,27)(H,25,26)(H,28,29). The number of thioether (sulfide) groups is 1. The Kier molecular flexibility index (Phi) is 7.11. The molecule has 3 aromatic carbocycles. The van der Waals surface area contributed by atoms with Crippen LogP contribution >= 0.6 is 23.4 Å². The molecular formula is C22H17ClN2O4S. The van der Waals surface area contributed by atoms with Crippen LogP contribution in [0.1, 0.15) is 20.7 Å². The second-order valence-electron chi connectivity index (χ2n) is 6.15. The predicted octanol–water partition coefficient (Wildman–Crippen LogP) is 5.02. The molecule has 0 aliphatic rings. The molecule has 152 valence electrons. The maximum Gasteiger partial charge on any atom is 0.336 e. The van der Waals surface area contributed by atoms with Gasteiger partial charge in [-0.3, -0.25) is 9.59 Å². The third-order valence-corrected chi connectivity index (χ3v) is 5.37. The average Bonchev–Trinajstić information content (AvgIpc) is 2.75. The van der Waals surface area contributed by atoms with Crippen molar-refractivity contribution in [1.82, 2.24) is 0 Å². The van der Waals surface area contributed by atoms with Crippen LogP contribution in [-0.2, 0) is 4.79 Å². The molecule has 8 heteroatoms. The highest BCUT2D eigenvalue weighted by Gasteiger charge is 2.15. The number of rotatable bonds is 7. The highest BCUT2D eigenvalue weighted by atomic mass is 35.5. The highest BCUT2D eigenvalue weighted by molar-refractivity contribution is 8.00. The van der Waals surface area contributed by atoms with Gasteiger partial charge in [-0.2, -0.15) is 0 Å². The van der Waals surface area contributed by atoms with E-state index in [-0.39, 0.29) is 22.8 Å². The van der Waals surface area contributed by atoms with E-state index in [9.17, 15) is 19.5 Å². The van der Waals surface area contributed by atoms with E-state index in [0.29, 0.717) is 16.4 Å². The lowest BCUT2D eigenvalue weighted by Crippen LogP contribution is -2.16. The van der Waals surface area contributed by atoms with Crippen molar-refractivity contribution >= 4 is 52.5 Å². The van der Waals surface area contributed by atoms with Gasteiger partial charge in [0.05, 0.1) is 27.6 Å². The fourth-order valence-electron chi connectivity index (χ4n) is 2.60. The molecule has 0 radical (unpaired) electrons. The molecule has 0 saturated carbocycles. The van der Waals surface area contributed by atoms with E-state index in [1.54, 1.807) is 60.7 Å². The Labute approximate surface area is 182 Å². The van der Waals surface area contributed by atoms with E-state index in [1.165, 1.54) is 23.9 Å². The van der Waals surface area contributed by atoms with Crippen molar-refractivity contribution in [3.63, 3.8) is 0 Å². The molecule has 6 nitrogen and oxygen atoms in total. The zero-order chi connectivity index (χ0) is 21.5. The maximum absolute atomic E-state index is 12.4. The van der Waals surface area contributed by atoms with Crippen LogP contribution in [0, 0.1) is 0 Å². The number of carbonyl (C=O) groups is 3. The van der Waals surface area contributed by atoms with Crippen molar-refractivity contribution in [2.24, 2.45) is 0 Å². The van der Waals surface area contributed by atoms with Crippen molar-refractivity contribution in [2.75, 3.05) is 16.4 Å². The quantitative estimate of drug-likeness (QED) is 0.448.